The van der Waals surface area contributed by atoms with E-state index >= 15 is 0 Å². The Labute approximate surface area is 127 Å². The van der Waals surface area contributed by atoms with Gasteiger partial charge in [0.25, 0.3) is 0 Å². The zero-order chi connectivity index (χ0) is 14.5. The number of nitrogen functional groups attached to an aromatic ring is 1. The SMILES string of the molecule is CN(CCc1ccncc1)c1cccc(Br)c1C(=N)N. The van der Waals surface area contributed by atoms with Crippen molar-refractivity contribution in [3.63, 3.8) is 0 Å². The van der Waals surface area contributed by atoms with Gasteiger partial charge in [-0.05, 0) is 52.2 Å². The van der Waals surface area contributed by atoms with Crippen molar-refractivity contribution in [2.24, 2.45) is 5.73 Å². The summed E-state index contributed by atoms with van der Waals surface area (Å²) in [6, 6.07) is 9.86. The summed E-state index contributed by atoms with van der Waals surface area (Å²) >= 11 is 3.46. The Hall–Kier alpha value is -1.88. The number of aromatic nitrogens is 1. The van der Waals surface area contributed by atoms with Gasteiger partial charge >= 0.3 is 0 Å². The number of likely N-dealkylation sites (N-methyl/N-ethyl adjacent to an activating group) is 1. The Morgan fingerprint density at radius 2 is 2.00 bits per heavy atom. The zero-order valence-corrected chi connectivity index (χ0v) is 12.9. The summed E-state index contributed by atoms with van der Waals surface area (Å²) in [5, 5.41) is 7.72. The van der Waals surface area contributed by atoms with Gasteiger partial charge in [-0.25, -0.2) is 0 Å². The number of benzene rings is 1. The van der Waals surface area contributed by atoms with Crippen LogP contribution >= 0.6 is 15.9 Å². The lowest BCUT2D eigenvalue weighted by Crippen LogP contribution is -2.24. The molecule has 0 aliphatic rings. The third kappa shape index (κ3) is 3.36. The number of halogens is 1. The second kappa shape index (κ2) is 6.52. The van der Waals surface area contributed by atoms with Crippen molar-refractivity contribution in [3.05, 3.63) is 58.3 Å². The summed E-state index contributed by atoms with van der Waals surface area (Å²) in [7, 11) is 2.01. The molecule has 3 N–H and O–H groups in total. The highest BCUT2D eigenvalue weighted by atomic mass is 79.9. The van der Waals surface area contributed by atoms with Gasteiger partial charge in [0, 0.05) is 36.1 Å². The quantitative estimate of drug-likeness (QED) is 0.653. The smallest absolute Gasteiger partial charge is 0.126 e. The van der Waals surface area contributed by atoms with Crippen molar-refractivity contribution in [1.29, 1.82) is 5.41 Å². The van der Waals surface area contributed by atoms with Crippen LogP contribution in [-0.4, -0.2) is 24.4 Å². The van der Waals surface area contributed by atoms with Gasteiger partial charge in [-0.3, -0.25) is 10.4 Å². The molecule has 0 atom stereocenters. The van der Waals surface area contributed by atoms with Gasteiger partial charge in [0.15, 0.2) is 0 Å². The van der Waals surface area contributed by atoms with Gasteiger partial charge in [-0.1, -0.05) is 6.07 Å². The fraction of sp³-hybridized carbons (Fsp3) is 0.200. The van der Waals surface area contributed by atoms with E-state index in [0.29, 0.717) is 0 Å². The highest BCUT2D eigenvalue weighted by Crippen LogP contribution is 2.26. The first kappa shape index (κ1) is 14.5. The Morgan fingerprint density at radius 1 is 1.30 bits per heavy atom. The molecule has 1 aromatic carbocycles. The van der Waals surface area contributed by atoms with E-state index in [2.05, 4.69) is 25.8 Å². The first-order valence-corrected chi connectivity index (χ1v) is 7.12. The number of rotatable bonds is 5. The molecule has 2 aromatic rings. The molecule has 1 heterocycles. The van der Waals surface area contributed by atoms with E-state index < -0.39 is 0 Å². The predicted molar refractivity (Wildman–Crippen MR) is 86.4 cm³/mol. The van der Waals surface area contributed by atoms with Gasteiger partial charge < -0.3 is 10.6 Å². The second-order valence-corrected chi connectivity index (χ2v) is 5.43. The highest BCUT2D eigenvalue weighted by Gasteiger charge is 2.12. The van der Waals surface area contributed by atoms with Crippen molar-refractivity contribution in [1.82, 2.24) is 4.98 Å². The molecule has 4 nitrogen and oxygen atoms in total. The topological polar surface area (TPSA) is 66.0 Å². The molecule has 104 valence electrons. The summed E-state index contributed by atoms with van der Waals surface area (Å²) < 4.78 is 0.846. The lowest BCUT2D eigenvalue weighted by Gasteiger charge is -2.23. The largest absolute Gasteiger partial charge is 0.384 e. The van der Waals surface area contributed by atoms with Crippen LogP contribution in [0.15, 0.2) is 47.2 Å². The van der Waals surface area contributed by atoms with Crippen LogP contribution in [0, 0.1) is 5.41 Å². The van der Waals surface area contributed by atoms with Gasteiger partial charge in [0.2, 0.25) is 0 Å². The van der Waals surface area contributed by atoms with Crippen LogP contribution in [0.4, 0.5) is 5.69 Å². The zero-order valence-electron chi connectivity index (χ0n) is 11.3. The number of hydrogen-bond acceptors (Lipinski definition) is 3. The normalized spacial score (nSPS) is 10.3. The lowest BCUT2D eigenvalue weighted by molar-refractivity contribution is 0.873. The molecule has 0 saturated heterocycles. The maximum Gasteiger partial charge on any atom is 0.126 e. The average Bonchev–Trinajstić information content (AvgIpc) is 2.45. The molecule has 0 saturated carbocycles. The molecule has 0 bridgehead atoms. The van der Waals surface area contributed by atoms with Gasteiger partial charge in [0.05, 0.1) is 5.56 Å². The summed E-state index contributed by atoms with van der Waals surface area (Å²) in [6.45, 7) is 0.848. The molecule has 0 radical (unpaired) electrons. The van der Waals surface area contributed by atoms with E-state index in [1.165, 1.54) is 5.56 Å². The monoisotopic (exact) mass is 332 g/mol. The maximum atomic E-state index is 7.72. The van der Waals surface area contributed by atoms with Crippen molar-refractivity contribution < 1.29 is 0 Å². The molecule has 0 aliphatic heterocycles. The molecule has 0 spiro atoms. The van der Waals surface area contributed by atoms with Crippen LogP contribution in [0.2, 0.25) is 0 Å². The molecular weight excluding hydrogens is 316 g/mol. The summed E-state index contributed by atoms with van der Waals surface area (Å²) in [5.41, 5.74) is 8.62. The Balaban J connectivity index is 2.15. The van der Waals surface area contributed by atoms with Crippen molar-refractivity contribution in [3.8, 4) is 0 Å². The van der Waals surface area contributed by atoms with Crippen LogP contribution in [0.1, 0.15) is 11.1 Å². The van der Waals surface area contributed by atoms with Crippen molar-refractivity contribution >= 4 is 27.5 Å². The number of amidine groups is 1. The fourth-order valence-electron chi connectivity index (χ4n) is 2.06. The molecule has 2 rings (SSSR count). The van der Waals surface area contributed by atoms with Gasteiger partial charge in [-0.15, -0.1) is 0 Å². The highest BCUT2D eigenvalue weighted by molar-refractivity contribution is 9.10. The maximum absolute atomic E-state index is 7.72. The first-order chi connectivity index (χ1) is 9.59. The third-order valence-corrected chi connectivity index (χ3v) is 3.82. The van der Waals surface area contributed by atoms with E-state index in [4.69, 9.17) is 11.1 Å². The summed E-state index contributed by atoms with van der Waals surface area (Å²) in [6.07, 6.45) is 4.52. The number of nitrogens with zero attached hydrogens (tertiary/aromatic N) is 2. The number of pyridine rings is 1. The molecule has 0 fully saturated rings. The van der Waals surface area contributed by atoms with E-state index in [-0.39, 0.29) is 5.84 Å². The van der Waals surface area contributed by atoms with Crippen LogP contribution in [0.3, 0.4) is 0 Å². The Kier molecular flexibility index (Phi) is 4.74. The Morgan fingerprint density at radius 3 is 2.65 bits per heavy atom. The first-order valence-electron chi connectivity index (χ1n) is 6.32. The standard InChI is InChI=1S/C15H17BrN4/c1-20(10-7-11-5-8-19-9-6-11)13-4-2-3-12(16)14(13)15(17)18/h2-6,8-9H,7,10H2,1H3,(H3,17,18). The van der Waals surface area contributed by atoms with Gasteiger partial charge in [-0.2, -0.15) is 0 Å². The average molecular weight is 333 g/mol. The summed E-state index contributed by atoms with van der Waals surface area (Å²) in [5.74, 6) is 0.0724. The minimum Gasteiger partial charge on any atom is -0.384 e. The number of nitrogens with one attached hydrogen (secondary N) is 1. The summed E-state index contributed by atoms with van der Waals surface area (Å²) in [4.78, 5) is 6.13. The number of hydrogen-bond donors (Lipinski definition) is 2. The molecule has 5 heteroatoms. The molecular formula is C15H17BrN4. The fourth-order valence-corrected chi connectivity index (χ4v) is 2.63. The molecule has 1 aromatic heterocycles. The lowest BCUT2D eigenvalue weighted by atomic mass is 10.1. The molecule has 0 amide bonds. The minimum atomic E-state index is 0.0724. The van der Waals surface area contributed by atoms with Crippen LogP contribution in [-0.2, 0) is 6.42 Å². The number of nitrogens with two attached hydrogens (primary N) is 1. The third-order valence-electron chi connectivity index (χ3n) is 3.16. The van der Waals surface area contributed by atoms with Crippen LogP contribution in [0.5, 0.6) is 0 Å². The molecule has 0 unspecified atom stereocenters. The second-order valence-electron chi connectivity index (χ2n) is 4.57. The van der Waals surface area contributed by atoms with Crippen LogP contribution in [0.25, 0.3) is 0 Å². The van der Waals surface area contributed by atoms with Crippen molar-refractivity contribution in [2.45, 2.75) is 6.42 Å². The van der Waals surface area contributed by atoms with Gasteiger partial charge in [0.1, 0.15) is 5.84 Å². The molecule has 20 heavy (non-hydrogen) atoms. The van der Waals surface area contributed by atoms with E-state index in [0.717, 1.165) is 28.7 Å². The Bertz CT molecular complexity index is 598. The van der Waals surface area contributed by atoms with Crippen LogP contribution < -0.4 is 10.6 Å². The molecule has 0 aliphatic carbocycles. The van der Waals surface area contributed by atoms with Crippen molar-refractivity contribution in [2.75, 3.05) is 18.5 Å². The van der Waals surface area contributed by atoms with E-state index in [1.54, 1.807) is 12.4 Å². The van der Waals surface area contributed by atoms with E-state index in [1.807, 2.05) is 37.4 Å². The number of anilines is 1. The van der Waals surface area contributed by atoms with E-state index in [9.17, 15) is 0 Å². The minimum absolute atomic E-state index is 0.0724. The predicted octanol–water partition coefficient (Wildman–Crippen LogP) is 2.81.